The van der Waals surface area contributed by atoms with Gasteiger partial charge in [-0.25, -0.2) is 0 Å². The summed E-state index contributed by atoms with van der Waals surface area (Å²) in [5.74, 6) is 0. The van der Waals surface area contributed by atoms with Crippen LogP contribution in [0.4, 0.5) is 0 Å². The van der Waals surface area contributed by atoms with Gasteiger partial charge in [0.15, 0.2) is 0 Å². The largest absolute Gasteiger partial charge is 0.320 e. The second kappa shape index (κ2) is 1.57. The maximum Gasteiger partial charge on any atom is 0.0576 e. The first-order valence-corrected chi connectivity index (χ1v) is 3.33. The van der Waals surface area contributed by atoms with Crippen LogP contribution in [0.15, 0.2) is 0 Å². The molecule has 2 radical (unpaired) electrons. The molecular weight excluding hydrogens is 78.1 g/mol. The fourth-order valence-corrected chi connectivity index (χ4v) is 1.33. The molecule has 0 unspecified atom stereocenters. The van der Waals surface area contributed by atoms with Gasteiger partial charge < -0.3 is 5.32 Å². The van der Waals surface area contributed by atoms with Crippen molar-refractivity contribution in [2.75, 3.05) is 12.7 Å². The maximum atomic E-state index is 3.23. The van der Waals surface area contributed by atoms with Crippen LogP contribution in [0.1, 0.15) is 0 Å². The molecule has 1 fully saturated rings. The van der Waals surface area contributed by atoms with Crippen molar-refractivity contribution >= 4 is 9.52 Å². The summed E-state index contributed by atoms with van der Waals surface area (Å²) in [6.07, 6.45) is 1.28. The van der Waals surface area contributed by atoms with Crippen molar-refractivity contribution < 1.29 is 0 Å². The van der Waals surface area contributed by atoms with E-state index in [-0.39, 0.29) is 0 Å². The third kappa shape index (κ3) is 0.739. The van der Waals surface area contributed by atoms with Crippen LogP contribution in [-0.4, -0.2) is 22.2 Å². The van der Waals surface area contributed by atoms with Crippen molar-refractivity contribution in [3.8, 4) is 0 Å². The van der Waals surface area contributed by atoms with E-state index in [9.17, 15) is 0 Å². The van der Waals surface area contributed by atoms with E-state index >= 15 is 0 Å². The van der Waals surface area contributed by atoms with Crippen molar-refractivity contribution in [1.82, 2.24) is 5.32 Å². The minimum atomic E-state index is 1.20. The predicted molar refractivity (Wildman–Crippen MR) is 23.4 cm³/mol. The van der Waals surface area contributed by atoms with E-state index in [2.05, 4.69) is 5.32 Å². The molecule has 1 rings (SSSR count). The Morgan fingerprint density at radius 1 is 1.60 bits per heavy atom. The highest BCUT2D eigenvalue weighted by atomic mass is 28.2. The average molecular weight is 85.2 g/mol. The van der Waals surface area contributed by atoms with E-state index < -0.39 is 0 Å². The molecule has 1 aliphatic heterocycles. The van der Waals surface area contributed by atoms with E-state index in [0.717, 1.165) is 0 Å². The summed E-state index contributed by atoms with van der Waals surface area (Å²) in [4.78, 5) is 0. The van der Waals surface area contributed by atoms with Gasteiger partial charge in [-0.3, -0.25) is 0 Å². The molecule has 0 bridgehead atoms. The topological polar surface area (TPSA) is 12.0 Å². The van der Waals surface area contributed by atoms with Crippen LogP contribution in [0.5, 0.6) is 0 Å². The molecular formula is C3H7NSi. The molecule has 0 atom stereocenters. The zero-order valence-corrected chi connectivity index (χ0v) is 4.12. The van der Waals surface area contributed by atoms with E-state index in [1.807, 2.05) is 0 Å². The van der Waals surface area contributed by atoms with Crippen molar-refractivity contribution in [3.05, 3.63) is 0 Å². The average Bonchev–Trinajstić information content (AvgIpc) is 1.76. The van der Waals surface area contributed by atoms with Crippen molar-refractivity contribution in [1.29, 1.82) is 0 Å². The lowest BCUT2D eigenvalue weighted by Crippen LogP contribution is -2.05. The summed E-state index contributed by atoms with van der Waals surface area (Å²) in [5.41, 5.74) is 0. The smallest absolute Gasteiger partial charge is 0.0576 e. The first-order chi connectivity index (χ1) is 2.50. The van der Waals surface area contributed by atoms with Gasteiger partial charge in [0, 0.05) is 0 Å². The van der Waals surface area contributed by atoms with E-state index in [4.69, 9.17) is 0 Å². The monoisotopic (exact) mass is 85.0 g/mol. The van der Waals surface area contributed by atoms with Crippen LogP contribution in [0.2, 0.25) is 6.04 Å². The number of hydrogen-bond acceptors (Lipinski definition) is 1. The van der Waals surface area contributed by atoms with Gasteiger partial charge in [-0.2, -0.15) is 0 Å². The third-order valence-electron chi connectivity index (χ3n) is 0.729. The first-order valence-electron chi connectivity index (χ1n) is 1.91. The molecule has 0 spiro atoms. The van der Waals surface area contributed by atoms with Gasteiger partial charge in [-0.15, -0.1) is 0 Å². The van der Waals surface area contributed by atoms with Crippen LogP contribution in [-0.2, 0) is 0 Å². The Morgan fingerprint density at radius 3 is 2.80 bits per heavy atom. The van der Waals surface area contributed by atoms with Gasteiger partial charge in [0.05, 0.1) is 9.52 Å². The second-order valence-electron chi connectivity index (χ2n) is 1.18. The quantitative estimate of drug-likeness (QED) is 0.397. The molecule has 1 aliphatic rings. The highest BCUT2D eigenvalue weighted by Gasteiger charge is 1.94. The lowest BCUT2D eigenvalue weighted by atomic mass is 10.8. The summed E-state index contributed by atoms with van der Waals surface area (Å²) in [6, 6.07) is 1.42. The van der Waals surface area contributed by atoms with Gasteiger partial charge >= 0.3 is 0 Å². The van der Waals surface area contributed by atoms with E-state index in [1.165, 1.54) is 28.3 Å². The Morgan fingerprint density at radius 2 is 2.60 bits per heavy atom. The fraction of sp³-hybridized carbons (Fsp3) is 1.00. The van der Waals surface area contributed by atoms with Gasteiger partial charge in [0.25, 0.3) is 0 Å². The molecule has 0 aromatic rings. The normalized spacial score (nSPS) is 24.0. The SMILES string of the molecule is C1C[Si]CN1. The van der Waals surface area contributed by atoms with Crippen LogP contribution < -0.4 is 5.32 Å². The fourth-order valence-electron chi connectivity index (χ4n) is 0.442. The molecule has 1 heterocycles. The summed E-state index contributed by atoms with van der Waals surface area (Å²) in [7, 11) is 1.20. The van der Waals surface area contributed by atoms with Gasteiger partial charge in [-0.1, -0.05) is 0 Å². The van der Waals surface area contributed by atoms with Gasteiger partial charge in [0.1, 0.15) is 0 Å². The molecule has 0 aromatic heterocycles. The lowest BCUT2D eigenvalue weighted by molar-refractivity contribution is 0.880. The zero-order chi connectivity index (χ0) is 3.54. The Hall–Kier alpha value is 0.177. The highest BCUT2D eigenvalue weighted by molar-refractivity contribution is 6.36. The maximum absolute atomic E-state index is 3.23. The van der Waals surface area contributed by atoms with Crippen LogP contribution in [0, 0.1) is 0 Å². The number of rotatable bonds is 0. The molecule has 28 valence electrons. The third-order valence-corrected chi connectivity index (χ3v) is 1.83. The standard InChI is InChI=1S/C3H7NSi/c1-2-5-3-4-1/h4H,1-3H2. The minimum absolute atomic E-state index is 1.20. The van der Waals surface area contributed by atoms with E-state index in [0.29, 0.717) is 0 Å². The first kappa shape index (κ1) is 3.37. The second-order valence-corrected chi connectivity index (χ2v) is 2.53. The van der Waals surface area contributed by atoms with Crippen LogP contribution in [0.25, 0.3) is 0 Å². The Balaban J connectivity index is 2.08. The summed E-state index contributed by atoms with van der Waals surface area (Å²) < 4.78 is 0. The van der Waals surface area contributed by atoms with Crippen molar-refractivity contribution in [3.63, 3.8) is 0 Å². The summed E-state index contributed by atoms with van der Waals surface area (Å²) in [5, 5.41) is 3.23. The predicted octanol–water partition coefficient (Wildman–Crippen LogP) is -0.330. The van der Waals surface area contributed by atoms with E-state index in [1.54, 1.807) is 0 Å². The van der Waals surface area contributed by atoms with Gasteiger partial charge in [0.2, 0.25) is 0 Å². The molecule has 1 N–H and O–H groups in total. The molecule has 1 saturated heterocycles. The number of nitrogens with one attached hydrogen (secondary N) is 1. The van der Waals surface area contributed by atoms with Crippen LogP contribution in [0.3, 0.4) is 0 Å². The zero-order valence-electron chi connectivity index (χ0n) is 3.12. The van der Waals surface area contributed by atoms with Crippen molar-refractivity contribution in [2.45, 2.75) is 6.04 Å². The molecule has 1 nitrogen and oxygen atoms in total. The lowest BCUT2D eigenvalue weighted by Gasteiger charge is -1.76. The Labute approximate surface area is 34.6 Å². The molecule has 2 heteroatoms. The molecule has 0 amide bonds. The molecule has 0 aliphatic carbocycles. The minimum Gasteiger partial charge on any atom is -0.320 e. The van der Waals surface area contributed by atoms with Gasteiger partial charge in [-0.05, 0) is 18.8 Å². The molecule has 5 heavy (non-hydrogen) atoms. The summed E-state index contributed by atoms with van der Waals surface area (Å²) in [6.45, 7) is 1.26. The number of hydrogen-bond donors (Lipinski definition) is 1. The Bertz CT molecular complexity index is 18.5. The Kier molecular flexibility index (Phi) is 1.06. The van der Waals surface area contributed by atoms with Crippen LogP contribution >= 0.6 is 0 Å². The molecule has 0 saturated carbocycles. The van der Waals surface area contributed by atoms with Crippen molar-refractivity contribution in [2.24, 2.45) is 0 Å². The summed E-state index contributed by atoms with van der Waals surface area (Å²) >= 11 is 0. The highest BCUT2D eigenvalue weighted by Crippen LogP contribution is 1.79. The molecule has 0 aromatic carbocycles.